The lowest BCUT2D eigenvalue weighted by Crippen LogP contribution is -2.35. The first kappa shape index (κ1) is 21.2. The quantitative estimate of drug-likeness (QED) is 0.748. The molecule has 0 saturated heterocycles. The molecule has 1 aromatic carbocycles. The maximum Gasteiger partial charge on any atom is 0.340 e. The number of anilines is 1. The molecule has 1 aromatic heterocycles. The molecular formula is C21H27N3O4. The molecule has 0 atom stereocenters. The Kier molecular flexibility index (Phi) is 6.62. The van der Waals surface area contributed by atoms with Crippen molar-refractivity contribution in [3.05, 3.63) is 51.8 Å². The van der Waals surface area contributed by atoms with Gasteiger partial charge in [0.05, 0.1) is 18.7 Å². The molecule has 0 fully saturated rings. The summed E-state index contributed by atoms with van der Waals surface area (Å²) in [6.07, 6.45) is 0. The number of aryl methyl sites for hydroxylation is 3. The Balaban J connectivity index is 2.14. The predicted molar refractivity (Wildman–Crippen MR) is 108 cm³/mol. The Bertz CT molecular complexity index is 894. The molecule has 150 valence electrons. The van der Waals surface area contributed by atoms with Crippen LogP contribution in [-0.4, -0.2) is 47.9 Å². The molecule has 0 spiro atoms. The number of likely N-dealkylation sites (N-methyl/N-ethyl adjacent to an activating group) is 1. The van der Waals surface area contributed by atoms with Crippen LogP contribution in [0.1, 0.15) is 50.2 Å². The number of rotatable bonds is 6. The van der Waals surface area contributed by atoms with E-state index in [2.05, 4.69) is 10.3 Å². The topological polar surface area (TPSA) is 91.5 Å². The fourth-order valence-electron chi connectivity index (χ4n) is 3.14. The fourth-order valence-corrected chi connectivity index (χ4v) is 3.14. The molecule has 2 rings (SSSR count). The molecule has 2 N–H and O–H groups in total. The normalized spacial score (nSPS) is 10.5. The van der Waals surface area contributed by atoms with Crippen molar-refractivity contribution in [2.45, 2.75) is 34.6 Å². The Labute approximate surface area is 165 Å². The molecule has 0 aliphatic heterocycles. The van der Waals surface area contributed by atoms with E-state index >= 15 is 0 Å². The summed E-state index contributed by atoms with van der Waals surface area (Å²) < 4.78 is 5.05. The van der Waals surface area contributed by atoms with Crippen LogP contribution >= 0.6 is 0 Å². The average Bonchev–Trinajstić information content (AvgIpc) is 2.92. The monoisotopic (exact) mass is 385 g/mol. The molecule has 1 heterocycles. The van der Waals surface area contributed by atoms with E-state index in [4.69, 9.17) is 4.74 Å². The SMILES string of the molecule is CCOC(=O)c1c(C)[nH]c(C(=O)N(C)CC(=O)Nc2c(C)cccc2C)c1C. The minimum absolute atomic E-state index is 0.112. The molecule has 0 unspecified atom stereocenters. The van der Waals surface area contributed by atoms with Gasteiger partial charge in [-0.15, -0.1) is 0 Å². The number of nitrogens with zero attached hydrogens (tertiary/aromatic N) is 1. The number of aromatic amines is 1. The summed E-state index contributed by atoms with van der Waals surface area (Å²) >= 11 is 0. The number of H-pyrrole nitrogens is 1. The largest absolute Gasteiger partial charge is 0.462 e. The Hall–Kier alpha value is -3.09. The fraction of sp³-hybridized carbons (Fsp3) is 0.381. The molecule has 0 bridgehead atoms. The summed E-state index contributed by atoms with van der Waals surface area (Å²) in [5, 5.41) is 2.86. The minimum Gasteiger partial charge on any atom is -0.462 e. The second-order valence-electron chi connectivity index (χ2n) is 6.82. The van der Waals surface area contributed by atoms with Crippen LogP contribution in [0.2, 0.25) is 0 Å². The van der Waals surface area contributed by atoms with Crippen molar-refractivity contribution in [2.24, 2.45) is 0 Å². The highest BCUT2D eigenvalue weighted by Gasteiger charge is 2.25. The molecule has 2 amide bonds. The molecule has 7 heteroatoms. The lowest BCUT2D eigenvalue weighted by molar-refractivity contribution is -0.116. The van der Waals surface area contributed by atoms with Gasteiger partial charge in [0.2, 0.25) is 5.91 Å². The first-order valence-electron chi connectivity index (χ1n) is 9.15. The number of carbonyl (C=O) groups is 3. The molecule has 7 nitrogen and oxygen atoms in total. The van der Waals surface area contributed by atoms with E-state index in [0.717, 1.165) is 16.8 Å². The van der Waals surface area contributed by atoms with Crippen molar-refractivity contribution in [3.63, 3.8) is 0 Å². The van der Waals surface area contributed by atoms with E-state index in [9.17, 15) is 14.4 Å². The van der Waals surface area contributed by atoms with Crippen LogP contribution in [0.3, 0.4) is 0 Å². The molecule has 0 aliphatic rings. The molecule has 0 aliphatic carbocycles. The van der Waals surface area contributed by atoms with Gasteiger partial charge < -0.3 is 19.9 Å². The van der Waals surface area contributed by atoms with E-state index in [-0.39, 0.29) is 30.7 Å². The lowest BCUT2D eigenvalue weighted by Gasteiger charge is -2.18. The first-order valence-corrected chi connectivity index (χ1v) is 9.15. The summed E-state index contributed by atoms with van der Waals surface area (Å²) in [5.74, 6) is -1.13. The maximum absolute atomic E-state index is 12.8. The standard InChI is InChI=1S/C21H27N3O4/c1-7-28-21(27)17-14(4)19(22-15(17)5)20(26)24(6)11-16(25)23-18-12(2)9-8-10-13(18)3/h8-10,22H,7,11H2,1-6H3,(H,23,25). The third kappa shape index (κ3) is 4.42. The zero-order valence-corrected chi connectivity index (χ0v) is 17.2. The number of hydrogen-bond acceptors (Lipinski definition) is 4. The highest BCUT2D eigenvalue weighted by molar-refractivity contribution is 6.02. The maximum atomic E-state index is 12.8. The van der Waals surface area contributed by atoms with E-state index in [1.165, 1.54) is 4.90 Å². The van der Waals surface area contributed by atoms with Gasteiger partial charge in [-0.2, -0.15) is 0 Å². The van der Waals surface area contributed by atoms with Gasteiger partial charge in [-0.1, -0.05) is 18.2 Å². The molecule has 28 heavy (non-hydrogen) atoms. The van der Waals surface area contributed by atoms with E-state index < -0.39 is 5.97 Å². The average molecular weight is 385 g/mol. The van der Waals surface area contributed by atoms with Gasteiger partial charge in [0.1, 0.15) is 5.69 Å². The highest BCUT2D eigenvalue weighted by Crippen LogP contribution is 2.21. The molecule has 0 radical (unpaired) electrons. The zero-order valence-electron chi connectivity index (χ0n) is 17.2. The van der Waals surface area contributed by atoms with Crippen molar-refractivity contribution >= 4 is 23.5 Å². The summed E-state index contributed by atoms with van der Waals surface area (Å²) in [7, 11) is 1.55. The van der Waals surface area contributed by atoms with Gasteiger partial charge >= 0.3 is 5.97 Å². The van der Waals surface area contributed by atoms with Crippen molar-refractivity contribution in [3.8, 4) is 0 Å². The van der Waals surface area contributed by atoms with Crippen molar-refractivity contribution in [1.82, 2.24) is 9.88 Å². The highest BCUT2D eigenvalue weighted by atomic mass is 16.5. The van der Waals surface area contributed by atoms with Crippen LogP contribution in [0.5, 0.6) is 0 Å². The van der Waals surface area contributed by atoms with E-state index in [0.29, 0.717) is 16.8 Å². The van der Waals surface area contributed by atoms with Gasteiger partial charge in [-0.05, 0) is 51.3 Å². The molecule has 2 aromatic rings. The van der Waals surface area contributed by atoms with Crippen LogP contribution in [0.4, 0.5) is 5.69 Å². The Morgan fingerprint density at radius 2 is 1.71 bits per heavy atom. The Morgan fingerprint density at radius 3 is 2.29 bits per heavy atom. The third-order valence-electron chi connectivity index (χ3n) is 4.60. The predicted octanol–water partition coefficient (Wildman–Crippen LogP) is 3.14. The van der Waals surface area contributed by atoms with E-state index in [1.807, 2.05) is 32.0 Å². The first-order chi connectivity index (χ1) is 13.2. The lowest BCUT2D eigenvalue weighted by atomic mass is 10.1. The van der Waals surface area contributed by atoms with Crippen LogP contribution in [0.15, 0.2) is 18.2 Å². The smallest absolute Gasteiger partial charge is 0.340 e. The summed E-state index contributed by atoms with van der Waals surface area (Å²) in [6, 6.07) is 5.76. The van der Waals surface area contributed by atoms with Crippen LogP contribution < -0.4 is 5.32 Å². The molecule has 0 saturated carbocycles. The number of benzene rings is 1. The van der Waals surface area contributed by atoms with Gasteiger partial charge in [0.25, 0.3) is 5.91 Å². The summed E-state index contributed by atoms with van der Waals surface area (Å²) in [4.78, 5) is 41.6. The molecular weight excluding hydrogens is 358 g/mol. The Morgan fingerprint density at radius 1 is 1.11 bits per heavy atom. The number of hydrogen-bond donors (Lipinski definition) is 2. The summed E-state index contributed by atoms with van der Waals surface area (Å²) in [6.45, 7) is 9.10. The minimum atomic E-state index is -0.469. The van der Waals surface area contributed by atoms with Crippen LogP contribution in [-0.2, 0) is 9.53 Å². The number of carbonyl (C=O) groups excluding carboxylic acids is 3. The van der Waals surface area contributed by atoms with Crippen molar-refractivity contribution in [1.29, 1.82) is 0 Å². The number of esters is 1. The van der Waals surface area contributed by atoms with Crippen molar-refractivity contribution < 1.29 is 19.1 Å². The second kappa shape index (κ2) is 8.73. The summed E-state index contributed by atoms with van der Waals surface area (Å²) in [5.41, 5.74) is 4.39. The number of aromatic nitrogens is 1. The van der Waals surface area contributed by atoms with Crippen LogP contribution in [0.25, 0.3) is 0 Å². The van der Waals surface area contributed by atoms with Gasteiger partial charge in [-0.3, -0.25) is 9.59 Å². The van der Waals surface area contributed by atoms with E-state index in [1.54, 1.807) is 27.8 Å². The van der Waals surface area contributed by atoms with Gasteiger partial charge in [-0.25, -0.2) is 4.79 Å². The number of para-hydroxylation sites is 1. The third-order valence-corrected chi connectivity index (χ3v) is 4.60. The number of nitrogens with one attached hydrogen (secondary N) is 2. The van der Waals surface area contributed by atoms with Crippen molar-refractivity contribution in [2.75, 3.05) is 25.5 Å². The number of ether oxygens (including phenoxy) is 1. The van der Waals surface area contributed by atoms with Crippen LogP contribution in [0, 0.1) is 27.7 Å². The second-order valence-corrected chi connectivity index (χ2v) is 6.82. The van der Waals surface area contributed by atoms with Gasteiger partial charge in [0, 0.05) is 18.4 Å². The zero-order chi connectivity index (χ0) is 21.0. The number of amides is 2. The van der Waals surface area contributed by atoms with Gasteiger partial charge in [0.15, 0.2) is 0 Å².